The number of carbonyl (C=O) groups excluding carboxylic acids is 1. The van der Waals surface area contributed by atoms with Crippen LogP contribution in [0.5, 0.6) is 0 Å². The Morgan fingerprint density at radius 3 is 2.90 bits per heavy atom. The molecule has 4 heteroatoms. The summed E-state index contributed by atoms with van der Waals surface area (Å²) in [5.41, 5.74) is -0.719. The minimum atomic E-state index is -0.719. The number of amides is 1. The summed E-state index contributed by atoms with van der Waals surface area (Å²) in [6, 6.07) is 4.16. The van der Waals surface area contributed by atoms with Gasteiger partial charge >= 0.3 is 0 Å². The molecule has 2 heterocycles. The summed E-state index contributed by atoms with van der Waals surface area (Å²) in [6.45, 7) is 7.28. The number of nitrogens with zero attached hydrogens (tertiary/aromatic N) is 1. The van der Waals surface area contributed by atoms with Crippen LogP contribution in [0.25, 0.3) is 0 Å². The number of hydrogen-bond acceptors (Lipinski definition) is 3. The quantitative estimate of drug-likeness (QED) is 0.907. The van der Waals surface area contributed by atoms with Crippen LogP contribution in [-0.2, 0) is 11.2 Å². The van der Waals surface area contributed by atoms with E-state index >= 15 is 0 Å². The molecule has 2 atom stereocenters. The molecule has 0 unspecified atom stereocenters. The SMILES string of the molecule is CC(C)[C@@]1(O)CN(C(=O)CCCc2cccs2)C[C@@H]1C. The molecule has 3 nitrogen and oxygen atoms in total. The molecule has 1 aromatic heterocycles. The van der Waals surface area contributed by atoms with Gasteiger partial charge in [0.2, 0.25) is 5.91 Å². The van der Waals surface area contributed by atoms with Crippen molar-refractivity contribution < 1.29 is 9.90 Å². The van der Waals surface area contributed by atoms with Crippen molar-refractivity contribution >= 4 is 17.2 Å². The van der Waals surface area contributed by atoms with E-state index in [0.717, 1.165) is 12.8 Å². The molecular formula is C16H25NO2S. The summed E-state index contributed by atoms with van der Waals surface area (Å²) in [5.74, 6) is 0.523. The maximum absolute atomic E-state index is 12.2. The van der Waals surface area contributed by atoms with Gasteiger partial charge in [-0.1, -0.05) is 26.8 Å². The second kappa shape index (κ2) is 6.27. The second-order valence-electron chi connectivity index (χ2n) is 6.25. The Morgan fingerprint density at radius 1 is 1.60 bits per heavy atom. The molecule has 0 aromatic carbocycles. The number of thiophene rings is 1. The first-order valence-electron chi connectivity index (χ1n) is 7.46. The fourth-order valence-electron chi connectivity index (χ4n) is 2.98. The van der Waals surface area contributed by atoms with Crippen LogP contribution < -0.4 is 0 Å². The lowest BCUT2D eigenvalue weighted by atomic mass is 9.82. The highest BCUT2D eigenvalue weighted by Crippen LogP contribution is 2.34. The number of aryl methyl sites for hydroxylation is 1. The Hall–Kier alpha value is -0.870. The molecule has 1 fully saturated rings. The lowest BCUT2D eigenvalue weighted by molar-refractivity contribution is -0.131. The third-order valence-corrected chi connectivity index (χ3v) is 5.47. The molecule has 0 bridgehead atoms. The zero-order valence-corrected chi connectivity index (χ0v) is 13.4. The van der Waals surface area contributed by atoms with Crippen LogP contribution in [0.4, 0.5) is 0 Å². The molecule has 1 amide bonds. The molecule has 112 valence electrons. The first-order valence-corrected chi connectivity index (χ1v) is 8.34. The highest BCUT2D eigenvalue weighted by atomic mass is 32.1. The molecule has 1 N–H and O–H groups in total. The van der Waals surface area contributed by atoms with Gasteiger partial charge in [-0.3, -0.25) is 4.79 Å². The molecule has 1 aliphatic heterocycles. The van der Waals surface area contributed by atoms with Crippen molar-refractivity contribution in [1.29, 1.82) is 0 Å². The summed E-state index contributed by atoms with van der Waals surface area (Å²) in [5, 5.41) is 12.7. The number of likely N-dealkylation sites (tertiary alicyclic amines) is 1. The van der Waals surface area contributed by atoms with Gasteiger partial charge in [-0.2, -0.15) is 0 Å². The summed E-state index contributed by atoms with van der Waals surface area (Å²) in [6.07, 6.45) is 2.45. The van der Waals surface area contributed by atoms with Crippen LogP contribution >= 0.6 is 11.3 Å². The Morgan fingerprint density at radius 2 is 2.35 bits per heavy atom. The van der Waals surface area contributed by atoms with Crippen molar-refractivity contribution in [3.63, 3.8) is 0 Å². The fraction of sp³-hybridized carbons (Fsp3) is 0.688. The van der Waals surface area contributed by atoms with E-state index in [4.69, 9.17) is 0 Å². The molecule has 20 heavy (non-hydrogen) atoms. The van der Waals surface area contributed by atoms with Crippen molar-refractivity contribution in [3.8, 4) is 0 Å². The van der Waals surface area contributed by atoms with Gasteiger partial charge in [0, 0.05) is 30.3 Å². The zero-order valence-electron chi connectivity index (χ0n) is 12.6. The Labute approximate surface area is 125 Å². The Bertz CT molecular complexity index is 443. The predicted octanol–water partition coefficient (Wildman–Crippen LogP) is 2.94. The van der Waals surface area contributed by atoms with Crippen molar-refractivity contribution in [2.75, 3.05) is 13.1 Å². The molecule has 1 saturated heterocycles. The van der Waals surface area contributed by atoms with Crippen molar-refractivity contribution in [1.82, 2.24) is 4.90 Å². The Kier molecular flexibility index (Phi) is 4.86. The summed E-state index contributed by atoms with van der Waals surface area (Å²) in [4.78, 5) is 15.4. The van der Waals surface area contributed by atoms with Gasteiger partial charge in [-0.05, 0) is 30.2 Å². The molecule has 1 aliphatic rings. The van der Waals surface area contributed by atoms with E-state index in [1.165, 1.54) is 4.88 Å². The third kappa shape index (κ3) is 3.23. The maximum Gasteiger partial charge on any atom is 0.222 e. The number of carbonyl (C=O) groups is 1. The summed E-state index contributed by atoms with van der Waals surface area (Å²) < 4.78 is 0. The van der Waals surface area contributed by atoms with Crippen LogP contribution in [0, 0.1) is 11.8 Å². The topological polar surface area (TPSA) is 40.5 Å². The minimum Gasteiger partial charge on any atom is -0.387 e. The number of hydrogen-bond donors (Lipinski definition) is 1. The molecule has 2 rings (SSSR count). The van der Waals surface area contributed by atoms with Gasteiger partial charge in [0.15, 0.2) is 0 Å². The second-order valence-corrected chi connectivity index (χ2v) is 7.29. The predicted molar refractivity (Wildman–Crippen MR) is 82.8 cm³/mol. The summed E-state index contributed by atoms with van der Waals surface area (Å²) >= 11 is 1.75. The van der Waals surface area contributed by atoms with Crippen molar-refractivity contribution in [3.05, 3.63) is 22.4 Å². The van der Waals surface area contributed by atoms with Gasteiger partial charge in [0.05, 0.1) is 5.60 Å². The molecule has 0 saturated carbocycles. The van der Waals surface area contributed by atoms with Gasteiger partial charge in [0.25, 0.3) is 0 Å². The van der Waals surface area contributed by atoms with E-state index in [-0.39, 0.29) is 17.7 Å². The molecule has 0 radical (unpaired) electrons. The van der Waals surface area contributed by atoms with E-state index in [1.54, 1.807) is 11.3 Å². The number of rotatable bonds is 5. The lowest BCUT2D eigenvalue weighted by Crippen LogP contribution is -2.43. The highest BCUT2D eigenvalue weighted by molar-refractivity contribution is 7.09. The van der Waals surface area contributed by atoms with E-state index in [1.807, 2.05) is 31.7 Å². The minimum absolute atomic E-state index is 0.156. The van der Waals surface area contributed by atoms with Crippen LogP contribution in [0.15, 0.2) is 17.5 Å². The van der Waals surface area contributed by atoms with E-state index < -0.39 is 5.60 Å². The van der Waals surface area contributed by atoms with Crippen molar-refractivity contribution in [2.24, 2.45) is 11.8 Å². The Balaban J connectivity index is 1.82. The van der Waals surface area contributed by atoms with Crippen LogP contribution in [0.2, 0.25) is 0 Å². The normalized spacial score (nSPS) is 26.4. The standard InChI is InChI=1S/C16H25NO2S/c1-12(2)16(19)11-17(10-13(16)3)15(18)8-4-6-14-7-5-9-20-14/h5,7,9,12-13,19H,4,6,8,10-11H2,1-3H3/t13-,16-/m0/s1. The van der Waals surface area contributed by atoms with Gasteiger partial charge in [-0.25, -0.2) is 0 Å². The van der Waals surface area contributed by atoms with E-state index in [0.29, 0.717) is 19.5 Å². The van der Waals surface area contributed by atoms with E-state index in [9.17, 15) is 9.90 Å². The van der Waals surface area contributed by atoms with Crippen molar-refractivity contribution in [2.45, 2.75) is 45.6 Å². The van der Waals surface area contributed by atoms with Gasteiger partial charge in [-0.15, -0.1) is 11.3 Å². The average molecular weight is 295 g/mol. The zero-order chi connectivity index (χ0) is 14.8. The monoisotopic (exact) mass is 295 g/mol. The van der Waals surface area contributed by atoms with E-state index in [2.05, 4.69) is 11.4 Å². The molecule has 1 aromatic rings. The average Bonchev–Trinajstić information content (AvgIpc) is 2.99. The van der Waals surface area contributed by atoms with Crippen LogP contribution in [-0.4, -0.2) is 34.6 Å². The largest absolute Gasteiger partial charge is 0.387 e. The number of β-amino-alcohol motifs (C(OH)–C–C–N with tert-alkyl or cyclic N) is 1. The third-order valence-electron chi connectivity index (χ3n) is 4.54. The van der Waals surface area contributed by atoms with Gasteiger partial charge < -0.3 is 10.0 Å². The molecule has 0 aliphatic carbocycles. The van der Waals surface area contributed by atoms with Crippen LogP contribution in [0.1, 0.15) is 38.5 Å². The highest BCUT2D eigenvalue weighted by Gasteiger charge is 2.46. The smallest absolute Gasteiger partial charge is 0.222 e. The molecular weight excluding hydrogens is 270 g/mol. The first-order chi connectivity index (χ1) is 9.43. The van der Waals surface area contributed by atoms with Crippen LogP contribution in [0.3, 0.4) is 0 Å². The maximum atomic E-state index is 12.2. The summed E-state index contributed by atoms with van der Waals surface area (Å²) in [7, 11) is 0. The molecule has 0 spiro atoms. The first kappa shape index (κ1) is 15.5. The van der Waals surface area contributed by atoms with Gasteiger partial charge in [0.1, 0.15) is 0 Å². The lowest BCUT2D eigenvalue weighted by Gasteiger charge is -2.31. The fourth-order valence-corrected chi connectivity index (χ4v) is 3.73. The number of aliphatic hydroxyl groups is 1.